The number of hydrogen-bond acceptors (Lipinski definition) is 3. The SMILES string of the molecule is CC1OC(=O)N(C2CCCCCC2)C1C(=O)O. The van der Waals surface area contributed by atoms with Gasteiger partial charge in [-0.3, -0.25) is 4.90 Å². The molecule has 5 heteroatoms. The lowest BCUT2D eigenvalue weighted by atomic mass is 10.0. The minimum atomic E-state index is -0.965. The molecule has 1 aliphatic heterocycles. The van der Waals surface area contributed by atoms with E-state index in [1.165, 1.54) is 17.7 Å². The van der Waals surface area contributed by atoms with Gasteiger partial charge < -0.3 is 9.84 Å². The number of amides is 1. The van der Waals surface area contributed by atoms with E-state index in [0.29, 0.717) is 0 Å². The second-order valence-corrected chi connectivity index (χ2v) is 4.92. The summed E-state index contributed by atoms with van der Waals surface area (Å²) in [6.45, 7) is 1.65. The molecule has 2 rings (SSSR count). The van der Waals surface area contributed by atoms with E-state index in [1.54, 1.807) is 6.92 Å². The van der Waals surface area contributed by atoms with Crippen LogP contribution in [0.25, 0.3) is 0 Å². The maximum atomic E-state index is 11.8. The van der Waals surface area contributed by atoms with Crippen molar-refractivity contribution in [3.05, 3.63) is 0 Å². The van der Waals surface area contributed by atoms with Crippen molar-refractivity contribution in [3.8, 4) is 0 Å². The molecule has 96 valence electrons. The highest BCUT2D eigenvalue weighted by molar-refractivity contribution is 5.84. The fraction of sp³-hybridized carbons (Fsp3) is 0.833. The average Bonchev–Trinajstić information content (AvgIpc) is 2.47. The lowest BCUT2D eigenvalue weighted by Crippen LogP contribution is -2.47. The Morgan fingerprint density at radius 1 is 1.29 bits per heavy atom. The van der Waals surface area contributed by atoms with Gasteiger partial charge in [-0.15, -0.1) is 0 Å². The molecule has 0 spiro atoms. The number of hydrogen-bond donors (Lipinski definition) is 1. The normalized spacial score (nSPS) is 31.1. The second-order valence-electron chi connectivity index (χ2n) is 4.92. The maximum Gasteiger partial charge on any atom is 0.411 e. The van der Waals surface area contributed by atoms with Gasteiger partial charge in [0, 0.05) is 6.04 Å². The summed E-state index contributed by atoms with van der Waals surface area (Å²) in [5, 5.41) is 9.20. The van der Waals surface area contributed by atoms with Crippen molar-refractivity contribution in [2.75, 3.05) is 0 Å². The molecule has 1 heterocycles. The van der Waals surface area contributed by atoms with Crippen LogP contribution in [-0.4, -0.2) is 40.3 Å². The lowest BCUT2D eigenvalue weighted by molar-refractivity contribution is -0.143. The summed E-state index contributed by atoms with van der Waals surface area (Å²) in [6.07, 6.45) is 5.25. The molecular formula is C12H19NO4. The number of carboxylic acid groups (broad SMARTS) is 1. The van der Waals surface area contributed by atoms with Gasteiger partial charge in [-0.2, -0.15) is 0 Å². The molecule has 2 fully saturated rings. The van der Waals surface area contributed by atoms with Crippen LogP contribution in [0, 0.1) is 0 Å². The van der Waals surface area contributed by atoms with Crippen LogP contribution in [0.2, 0.25) is 0 Å². The van der Waals surface area contributed by atoms with Gasteiger partial charge in [0.15, 0.2) is 6.04 Å². The van der Waals surface area contributed by atoms with Crippen molar-refractivity contribution in [2.24, 2.45) is 0 Å². The topological polar surface area (TPSA) is 66.8 Å². The quantitative estimate of drug-likeness (QED) is 0.751. The predicted octanol–water partition coefficient (Wildman–Crippen LogP) is 2.00. The van der Waals surface area contributed by atoms with Crippen LogP contribution >= 0.6 is 0 Å². The van der Waals surface area contributed by atoms with Crippen molar-refractivity contribution in [3.63, 3.8) is 0 Å². The summed E-state index contributed by atoms with van der Waals surface area (Å²) < 4.78 is 5.05. The van der Waals surface area contributed by atoms with Crippen LogP contribution in [0.5, 0.6) is 0 Å². The standard InChI is InChI=1S/C12H19NO4/c1-8-10(11(14)15)13(12(16)17-8)9-6-4-2-3-5-7-9/h8-10H,2-7H2,1H3,(H,14,15). The number of rotatable bonds is 2. The molecule has 0 radical (unpaired) electrons. The second kappa shape index (κ2) is 4.94. The Kier molecular flexibility index (Phi) is 3.54. The molecule has 1 N–H and O–H groups in total. The van der Waals surface area contributed by atoms with Crippen LogP contribution in [-0.2, 0) is 9.53 Å². The van der Waals surface area contributed by atoms with Crippen molar-refractivity contribution < 1.29 is 19.4 Å². The van der Waals surface area contributed by atoms with E-state index in [4.69, 9.17) is 4.74 Å². The highest BCUT2D eigenvalue weighted by Gasteiger charge is 2.47. The highest BCUT2D eigenvalue weighted by Crippen LogP contribution is 2.29. The molecule has 1 amide bonds. The van der Waals surface area contributed by atoms with E-state index >= 15 is 0 Å². The summed E-state index contributed by atoms with van der Waals surface area (Å²) in [5.41, 5.74) is 0. The van der Waals surface area contributed by atoms with E-state index in [-0.39, 0.29) is 6.04 Å². The van der Waals surface area contributed by atoms with Gasteiger partial charge in [-0.05, 0) is 19.8 Å². The summed E-state index contributed by atoms with van der Waals surface area (Å²) in [6, 6.07) is -0.776. The zero-order chi connectivity index (χ0) is 12.4. The number of ether oxygens (including phenoxy) is 1. The molecule has 2 atom stereocenters. The lowest BCUT2D eigenvalue weighted by Gasteiger charge is -2.28. The van der Waals surface area contributed by atoms with Crippen LogP contribution in [0.4, 0.5) is 4.79 Å². The van der Waals surface area contributed by atoms with Gasteiger partial charge in [0.05, 0.1) is 0 Å². The maximum absolute atomic E-state index is 11.8. The Morgan fingerprint density at radius 2 is 1.88 bits per heavy atom. The zero-order valence-electron chi connectivity index (χ0n) is 10.1. The van der Waals surface area contributed by atoms with Gasteiger partial charge >= 0.3 is 12.1 Å². The first-order chi connectivity index (χ1) is 8.11. The molecule has 17 heavy (non-hydrogen) atoms. The van der Waals surface area contributed by atoms with Crippen molar-refractivity contribution in [1.29, 1.82) is 0 Å². The number of carboxylic acids is 1. The summed E-state index contributed by atoms with van der Waals surface area (Å²) >= 11 is 0. The van der Waals surface area contributed by atoms with E-state index in [9.17, 15) is 14.7 Å². The summed E-state index contributed by atoms with van der Waals surface area (Å²) in [7, 11) is 0. The molecule has 0 aromatic rings. The third kappa shape index (κ3) is 2.37. The minimum Gasteiger partial charge on any atom is -0.480 e. The summed E-state index contributed by atoms with van der Waals surface area (Å²) in [4.78, 5) is 24.4. The Hall–Kier alpha value is -1.26. The number of cyclic esters (lactones) is 1. The van der Waals surface area contributed by atoms with Crippen LogP contribution in [0.15, 0.2) is 0 Å². The van der Waals surface area contributed by atoms with Gasteiger partial charge in [0.1, 0.15) is 6.10 Å². The molecule has 0 bridgehead atoms. The van der Waals surface area contributed by atoms with Gasteiger partial charge in [-0.25, -0.2) is 9.59 Å². The molecule has 5 nitrogen and oxygen atoms in total. The minimum absolute atomic E-state index is 0.0380. The number of carbonyl (C=O) groups excluding carboxylic acids is 1. The smallest absolute Gasteiger partial charge is 0.411 e. The van der Waals surface area contributed by atoms with Crippen molar-refractivity contribution in [1.82, 2.24) is 4.90 Å². The first kappa shape index (κ1) is 12.2. The first-order valence-electron chi connectivity index (χ1n) is 6.33. The van der Waals surface area contributed by atoms with E-state index < -0.39 is 24.2 Å². The highest BCUT2D eigenvalue weighted by atomic mass is 16.6. The molecule has 1 aliphatic carbocycles. The number of aliphatic carboxylic acids is 1. The third-order valence-electron chi connectivity index (χ3n) is 3.71. The largest absolute Gasteiger partial charge is 0.480 e. The van der Waals surface area contributed by atoms with Crippen molar-refractivity contribution >= 4 is 12.1 Å². The first-order valence-corrected chi connectivity index (χ1v) is 6.33. The van der Waals surface area contributed by atoms with Crippen LogP contribution in [0.1, 0.15) is 45.4 Å². The molecule has 2 unspecified atom stereocenters. The van der Waals surface area contributed by atoms with E-state index in [1.807, 2.05) is 0 Å². The third-order valence-corrected chi connectivity index (χ3v) is 3.71. The van der Waals surface area contributed by atoms with Crippen LogP contribution < -0.4 is 0 Å². The Morgan fingerprint density at radius 3 is 2.41 bits per heavy atom. The van der Waals surface area contributed by atoms with Crippen LogP contribution in [0.3, 0.4) is 0 Å². The molecule has 0 aromatic heterocycles. The molecule has 1 saturated carbocycles. The predicted molar refractivity (Wildman–Crippen MR) is 60.7 cm³/mol. The Bertz CT molecular complexity index is 310. The fourth-order valence-electron chi connectivity index (χ4n) is 2.86. The molecule has 0 aromatic carbocycles. The molecule has 2 aliphatic rings. The Labute approximate surface area is 101 Å². The van der Waals surface area contributed by atoms with E-state index in [2.05, 4.69) is 0 Å². The number of carbonyl (C=O) groups is 2. The van der Waals surface area contributed by atoms with E-state index in [0.717, 1.165) is 25.7 Å². The molecule has 1 saturated heterocycles. The van der Waals surface area contributed by atoms with Gasteiger partial charge in [0.2, 0.25) is 0 Å². The number of nitrogens with zero attached hydrogens (tertiary/aromatic N) is 1. The monoisotopic (exact) mass is 241 g/mol. The van der Waals surface area contributed by atoms with Gasteiger partial charge in [-0.1, -0.05) is 25.7 Å². The fourth-order valence-corrected chi connectivity index (χ4v) is 2.86. The molecular weight excluding hydrogens is 222 g/mol. The zero-order valence-corrected chi connectivity index (χ0v) is 10.1. The van der Waals surface area contributed by atoms with Crippen molar-refractivity contribution in [2.45, 2.75) is 63.6 Å². The summed E-state index contributed by atoms with van der Waals surface area (Å²) in [5.74, 6) is -0.965. The Balaban J connectivity index is 2.15. The van der Waals surface area contributed by atoms with Gasteiger partial charge in [0.25, 0.3) is 0 Å². The average molecular weight is 241 g/mol.